The molecule has 0 aliphatic rings. The minimum atomic E-state index is -0.704. The summed E-state index contributed by atoms with van der Waals surface area (Å²) >= 11 is 1.27. The number of benzene rings is 4. The highest BCUT2D eigenvalue weighted by molar-refractivity contribution is 7.80. The number of rotatable bonds is 5. The van der Waals surface area contributed by atoms with Crippen molar-refractivity contribution in [1.82, 2.24) is 0 Å². The van der Waals surface area contributed by atoms with E-state index < -0.39 is 7.92 Å². The molecule has 0 bridgehead atoms. The molecule has 0 spiro atoms. The van der Waals surface area contributed by atoms with E-state index in [1.807, 2.05) is 66.7 Å². The summed E-state index contributed by atoms with van der Waals surface area (Å²) in [5.74, 6) is 0. The van der Waals surface area contributed by atoms with E-state index in [4.69, 9.17) is 5.73 Å². The van der Waals surface area contributed by atoms with E-state index in [0.29, 0.717) is 0 Å². The molecular formula is C28H29AlNOP. The predicted molar refractivity (Wildman–Crippen MR) is 145 cm³/mol. The van der Waals surface area contributed by atoms with Crippen LogP contribution in [-0.4, -0.2) is 22.6 Å². The zero-order valence-electron chi connectivity index (χ0n) is 18.5. The first-order valence-electron chi connectivity index (χ1n) is 10.6. The van der Waals surface area contributed by atoms with Crippen LogP contribution >= 0.6 is 7.92 Å². The van der Waals surface area contributed by atoms with Crippen LogP contribution in [0.25, 0.3) is 0 Å². The molecule has 0 unspecified atom stereocenters. The van der Waals surface area contributed by atoms with Crippen molar-refractivity contribution >= 4 is 52.1 Å². The van der Waals surface area contributed by atoms with Crippen molar-refractivity contribution in [1.29, 1.82) is 0 Å². The summed E-state index contributed by atoms with van der Waals surface area (Å²) in [6, 6.07) is 38.2. The highest BCUT2D eigenvalue weighted by Gasteiger charge is 2.18. The van der Waals surface area contributed by atoms with Crippen molar-refractivity contribution in [2.75, 3.05) is 5.73 Å². The van der Waals surface area contributed by atoms with Gasteiger partial charge in [0.1, 0.15) is 0 Å². The standard InChI is InChI=1S/C19H15OP.C6H7N.C3H5.Al.2H/c20-15-16-9-7-8-14-19(16)21(17-10-3-1-4-11-17)18-12-5-2-6-13-18;7-6-4-2-1-3-5-6;1-3-2;;;/h1-15H;1-5H,7H2;3H,1-2H2;;;. The van der Waals surface area contributed by atoms with E-state index in [1.54, 1.807) is 0 Å². The minimum absolute atomic E-state index is 0.704. The van der Waals surface area contributed by atoms with E-state index in [-0.39, 0.29) is 0 Å². The third-order valence-corrected chi connectivity index (χ3v) is 7.52. The third-order valence-electron chi connectivity index (χ3n) is 4.42. The average Bonchev–Trinajstić information content (AvgIpc) is 2.87. The van der Waals surface area contributed by atoms with Gasteiger partial charge in [-0.05, 0) is 36.0 Å². The second-order valence-electron chi connectivity index (χ2n) is 6.79. The molecule has 0 heterocycles. The highest BCUT2D eigenvalue weighted by Crippen LogP contribution is 2.33. The minimum Gasteiger partial charge on any atom is -0.399 e. The molecule has 160 valence electrons. The Morgan fingerprint density at radius 1 is 0.719 bits per heavy atom. The van der Waals surface area contributed by atoms with Crippen LogP contribution in [0.15, 0.2) is 128 Å². The number of para-hydroxylation sites is 1. The lowest BCUT2D eigenvalue weighted by Crippen LogP contribution is -2.23. The zero-order valence-corrected chi connectivity index (χ0v) is 21.4. The summed E-state index contributed by atoms with van der Waals surface area (Å²) in [6.07, 6.45) is 2.89. The van der Waals surface area contributed by atoms with Crippen molar-refractivity contribution in [3.63, 3.8) is 0 Å². The number of nitrogens with two attached hydrogens (primary N) is 1. The number of nitrogen functional groups attached to an aromatic ring is 1. The second-order valence-corrected chi connectivity index (χ2v) is 9.79. The van der Waals surface area contributed by atoms with Gasteiger partial charge in [0.15, 0.2) is 6.29 Å². The van der Waals surface area contributed by atoms with Crippen LogP contribution in [0, 0.1) is 0 Å². The van der Waals surface area contributed by atoms with Gasteiger partial charge in [-0.2, -0.15) is 0 Å². The Bertz CT molecular complexity index is 1020. The quantitative estimate of drug-likeness (QED) is 0.156. The fourth-order valence-electron chi connectivity index (χ4n) is 2.83. The van der Waals surface area contributed by atoms with E-state index in [1.165, 1.54) is 32.2 Å². The van der Waals surface area contributed by atoms with E-state index >= 15 is 0 Å². The monoisotopic (exact) mass is 453 g/mol. The molecule has 2 nitrogen and oxygen atoms in total. The van der Waals surface area contributed by atoms with Crippen LogP contribution in [0.1, 0.15) is 10.4 Å². The molecule has 0 aromatic heterocycles. The van der Waals surface area contributed by atoms with E-state index in [2.05, 4.69) is 61.2 Å². The average molecular weight is 454 g/mol. The fraction of sp³-hybridized carbons (Fsp3) is 0.0357. The van der Waals surface area contributed by atoms with Crippen LogP contribution in [-0.2, 0) is 0 Å². The van der Waals surface area contributed by atoms with Gasteiger partial charge in [-0.25, -0.2) is 0 Å². The maximum atomic E-state index is 11.4. The second kappa shape index (κ2) is 15.0. The Morgan fingerprint density at radius 2 is 1.12 bits per heavy atom. The number of hydrogen-bond donors (Lipinski definition) is 1. The lowest BCUT2D eigenvalue weighted by molar-refractivity contribution is 0.112. The Balaban J connectivity index is 0.000000273. The molecule has 4 aromatic carbocycles. The molecule has 0 aliphatic heterocycles. The summed E-state index contributed by atoms with van der Waals surface area (Å²) in [4.78, 5) is 11.4. The summed E-state index contributed by atoms with van der Waals surface area (Å²) in [5.41, 5.74) is 6.95. The first kappa shape index (κ1) is 25.3. The van der Waals surface area contributed by atoms with Crippen molar-refractivity contribution in [3.05, 3.63) is 133 Å². The van der Waals surface area contributed by atoms with Crippen LogP contribution in [0.3, 0.4) is 0 Å². The van der Waals surface area contributed by atoms with Gasteiger partial charge < -0.3 is 5.73 Å². The van der Waals surface area contributed by atoms with Gasteiger partial charge in [-0.3, -0.25) is 4.79 Å². The molecule has 0 fully saturated rings. The Labute approximate surface area is 201 Å². The molecule has 0 saturated carbocycles. The van der Waals surface area contributed by atoms with E-state index in [9.17, 15) is 4.79 Å². The van der Waals surface area contributed by atoms with Gasteiger partial charge in [0.2, 0.25) is 16.3 Å². The maximum Gasteiger partial charge on any atom is 0.217 e. The number of carbonyl (C=O) groups is 1. The molecule has 0 amide bonds. The number of aldehydes is 1. The van der Waals surface area contributed by atoms with Crippen LogP contribution in [0.5, 0.6) is 0 Å². The van der Waals surface area contributed by atoms with Gasteiger partial charge in [-0.15, -0.1) is 12.7 Å². The number of hydrogen-bond acceptors (Lipinski definition) is 2. The van der Waals surface area contributed by atoms with E-state index in [0.717, 1.165) is 22.8 Å². The molecule has 4 heteroatoms. The molecule has 0 atom stereocenters. The van der Waals surface area contributed by atoms with Gasteiger partial charge in [0.25, 0.3) is 0 Å². The van der Waals surface area contributed by atoms with Gasteiger partial charge in [-0.1, -0.05) is 108 Å². The van der Waals surface area contributed by atoms with Gasteiger partial charge >= 0.3 is 0 Å². The molecule has 32 heavy (non-hydrogen) atoms. The summed E-state index contributed by atoms with van der Waals surface area (Å²) in [7, 11) is -0.704. The normalized spacial score (nSPS) is 9.53. The Hall–Kier alpha value is -2.95. The Morgan fingerprint density at radius 3 is 1.50 bits per heavy atom. The zero-order chi connectivity index (χ0) is 23.0. The van der Waals surface area contributed by atoms with Crippen molar-refractivity contribution < 1.29 is 4.79 Å². The first-order valence-corrected chi connectivity index (χ1v) is 13.3. The number of allylic oxidation sites excluding steroid dienone is 1. The van der Waals surface area contributed by atoms with Gasteiger partial charge in [0, 0.05) is 11.3 Å². The third kappa shape index (κ3) is 8.29. The first-order chi connectivity index (χ1) is 15.7. The maximum absolute atomic E-state index is 11.4. The molecule has 0 radical (unpaired) electrons. The lowest BCUT2D eigenvalue weighted by atomic mass is 10.2. The summed E-state index contributed by atoms with van der Waals surface area (Å²) in [6.45, 7) is 3.51. The van der Waals surface area contributed by atoms with Crippen LogP contribution in [0.4, 0.5) is 5.69 Å². The molecule has 0 aliphatic carbocycles. The Kier molecular flexibility index (Phi) is 11.8. The molecule has 4 aromatic rings. The van der Waals surface area contributed by atoms with Crippen molar-refractivity contribution in [3.8, 4) is 0 Å². The van der Waals surface area contributed by atoms with Crippen molar-refractivity contribution in [2.24, 2.45) is 0 Å². The molecule has 0 saturated heterocycles. The summed E-state index contributed by atoms with van der Waals surface area (Å²) in [5, 5.41) is 4.85. The highest BCUT2D eigenvalue weighted by atomic mass is 31.1. The number of carbonyl (C=O) groups excluding carboxylic acids is 1. The van der Waals surface area contributed by atoms with Crippen molar-refractivity contribution in [2.45, 2.75) is 5.28 Å². The molecule has 4 rings (SSSR count). The topological polar surface area (TPSA) is 43.1 Å². The SMILES string of the molecule is C=C[CH2][AlH2].Nc1ccccc1.O=Cc1ccccc1P(c1ccccc1)c1ccccc1. The molecule has 2 N–H and O–H groups in total. The summed E-state index contributed by atoms with van der Waals surface area (Å²) < 4.78 is 0. The van der Waals surface area contributed by atoms with Crippen LogP contribution < -0.4 is 21.6 Å². The lowest BCUT2D eigenvalue weighted by Gasteiger charge is -2.20. The van der Waals surface area contributed by atoms with Gasteiger partial charge in [0.05, 0.1) is 0 Å². The smallest absolute Gasteiger partial charge is 0.217 e. The fourth-order valence-corrected chi connectivity index (χ4v) is 5.24. The molecular weight excluding hydrogens is 424 g/mol. The predicted octanol–water partition coefficient (Wildman–Crippen LogP) is 4.75. The van der Waals surface area contributed by atoms with Crippen LogP contribution in [0.2, 0.25) is 5.28 Å². The largest absolute Gasteiger partial charge is 0.399 e. The number of anilines is 1.